The lowest BCUT2D eigenvalue weighted by molar-refractivity contribution is -0.00669. The molecule has 3 aliphatic rings. The number of hydrogen-bond donors (Lipinski definition) is 1. The Hall–Kier alpha value is -0.160. The van der Waals surface area contributed by atoms with Gasteiger partial charge in [0.25, 0.3) is 0 Å². The topological polar surface area (TPSA) is 35.7 Å². The van der Waals surface area contributed by atoms with Crippen molar-refractivity contribution in [3.05, 3.63) is 0 Å². The van der Waals surface area contributed by atoms with Gasteiger partial charge in [-0.25, -0.2) is 0 Å². The molecule has 3 fully saturated rings. The zero-order valence-corrected chi connectivity index (χ0v) is 12.6. The Morgan fingerprint density at radius 3 is 2.79 bits per heavy atom. The standard InChI is InChI=1S/C15H30N4/c1-17(2)11-14-4-3-7-19(14)15(12-16)6-9-18-8-5-13(15)10-18/h13-14H,3-12,16H2,1-2H3. The lowest BCUT2D eigenvalue weighted by Gasteiger charge is -2.51. The highest BCUT2D eigenvalue weighted by molar-refractivity contribution is 5.08. The Labute approximate surface area is 117 Å². The highest BCUT2D eigenvalue weighted by Gasteiger charge is 2.51. The van der Waals surface area contributed by atoms with Gasteiger partial charge >= 0.3 is 0 Å². The van der Waals surface area contributed by atoms with Crippen molar-refractivity contribution in [1.29, 1.82) is 0 Å². The van der Waals surface area contributed by atoms with Gasteiger partial charge in [-0.2, -0.15) is 0 Å². The summed E-state index contributed by atoms with van der Waals surface area (Å²) in [6.45, 7) is 7.18. The van der Waals surface area contributed by atoms with E-state index in [2.05, 4.69) is 28.8 Å². The van der Waals surface area contributed by atoms with E-state index in [1.165, 1.54) is 58.4 Å². The molecule has 0 amide bonds. The van der Waals surface area contributed by atoms with E-state index in [1.807, 2.05) is 0 Å². The Morgan fingerprint density at radius 2 is 2.05 bits per heavy atom. The molecule has 0 spiro atoms. The minimum atomic E-state index is 0.310. The molecule has 0 saturated carbocycles. The van der Waals surface area contributed by atoms with E-state index in [1.54, 1.807) is 0 Å². The fourth-order valence-corrected chi connectivity index (χ4v) is 4.83. The molecule has 4 heteroatoms. The first-order valence-electron chi connectivity index (χ1n) is 7.99. The largest absolute Gasteiger partial charge is 0.329 e. The Bertz CT molecular complexity index is 319. The maximum atomic E-state index is 6.32. The molecule has 3 rings (SSSR count). The number of hydrogen-bond acceptors (Lipinski definition) is 4. The summed E-state index contributed by atoms with van der Waals surface area (Å²) in [5.74, 6) is 0.814. The molecular formula is C15H30N4. The van der Waals surface area contributed by atoms with Crippen molar-refractivity contribution in [2.75, 3.05) is 53.4 Å². The number of likely N-dealkylation sites (tertiary alicyclic amines) is 1. The maximum absolute atomic E-state index is 6.32. The van der Waals surface area contributed by atoms with Crippen LogP contribution in [-0.2, 0) is 0 Å². The summed E-state index contributed by atoms with van der Waals surface area (Å²) in [7, 11) is 4.40. The summed E-state index contributed by atoms with van der Waals surface area (Å²) in [5, 5.41) is 0. The fraction of sp³-hybridized carbons (Fsp3) is 1.00. The molecule has 3 heterocycles. The van der Waals surface area contributed by atoms with Gasteiger partial charge < -0.3 is 15.5 Å². The second-order valence-electron chi connectivity index (χ2n) is 7.10. The van der Waals surface area contributed by atoms with Gasteiger partial charge in [0, 0.05) is 31.2 Å². The first kappa shape index (κ1) is 13.8. The van der Waals surface area contributed by atoms with Crippen molar-refractivity contribution in [3.63, 3.8) is 0 Å². The summed E-state index contributed by atoms with van der Waals surface area (Å²) in [4.78, 5) is 7.80. The van der Waals surface area contributed by atoms with Crippen molar-refractivity contribution in [2.24, 2.45) is 11.7 Å². The van der Waals surface area contributed by atoms with Gasteiger partial charge in [-0.15, -0.1) is 0 Å². The minimum Gasteiger partial charge on any atom is -0.329 e. The fourth-order valence-electron chi connectivity index (χ4n) is 4.83. The van der Waals surface area contributed by atoms with Gasteiger partial charge in [0.2, 0.25) is 0 Å². The smallest absolute Gasteiger partial charge is 0.0388 e. The summed E-state index contributed by atoms with van der Waals surface area (Å²) < 4.78 is 0. The molecule has 0 aromatic heterocycles. The molecule has 2 N–H and O–H groups in total. The van der Waals surface area contributed by atoms with Crippen LogP contribution in [0.5, 0.6) is 0 Å². The predicted octanol–water partition coefficient (Wildman–Crippen LogP) is 0.436. The molecule has 4 nitrogen and oxygen atoms in total. The van der Waals surface area contributed by atoms with Gasteiger partial charge in [0.05, 0.1) is 0 Å². The average Bonchev–Trinajstić information content (AvgIpc) is 2.99. The van der Waals surface area contributed by atoms with Crippen LogP contribution in [0.25, 0.3) is 0 Å². The van der Waals surface area contributed by atoms with Crippen LogP contribution in [0.1, 0.15) is 25.7 Å². The van der Waals surface area contributed by atoms with Crippen molar-refractivity contribution < 1.29 is 0 Å². The van der Waals surface area contributed by atoms with Crippen LogP contribution in [0.2, 0.25) is 0 Å². The van der Waals surface area contributed by atoms with Crippen LogP contribution >= 0.6 is 0 Å². The summed E-state index contributed by atoms with van der Waals surface area (Å²) in [6.07, 6.45) is 5.37. The highest BCUT2D eigenvalue weighted by atomic mass is 15.3. The van der Waals surface area contributed by atoms with Crippen molar-refractivity contribution in [1.82, 2.24) is 14.7 Å². The van der Waals surface area contributed by atoms with Crippen molar-refractivity contribution in [2.45, 2.75) is 37.3 Å². The summed E-state index contributed by atoms with van der Waals surface area (Å²) in [5.41, 5.74) is 6.63. The molecule has 19 heavy (non-hydrogen) atoms. The van der Waals surface area contributed by atoms with Crippen LogP contribution < -0.4 is 5.73 Å². The lowest BCUT2D eigenvalue weighted by atomic mass is 9.77. The number of likely N-dealkylation sites (N-methyl/N-ethyl adjacent to an activating group) is 1. The van der Waals surface area contributed by atoms with E-state index < -0.39 is 0 Å². The minimum absolute atomic E-state index is 0.310. The number of rotatable bonds is 4. The third kappa shape index (κ3) is 2.33. The third-order valence-corrected chi connectivity index (χ3v) is 5.77. The van der Waals surface area contributed by atoms with Crippen molar-refractivity contribution >= 4 is 0 Å². The van der Waals surface area contributed by atoms with Crippen LogP contribution in [-0.4, -0.2) is 79.6 Å². The van der Waals surface area contributed by atoms with Crippen LogP contribution in [0.4, 0.5) is 0 Å². The number of fused-ring (bicyclic) bond motifs is 2. The zero-order valence-electron chi connectivity index (χ0n) is 12.6. The van der Waals surface area contributed by atoms with Gasteiger partial charge in [0.1, 0.15) is 0 Å². The van der Waals surface area contributed by atoms with Crippen LogP contribution in [0, 0.1) is 5.92 Å². The van der Waals surface area contributed by atoms with E-state index in [9.17, 15) is 0 Å². The third-order valence-electron chi connectivity index (χ3n) is 5.77. The first-order valence-corrected chi connectivity index (χ1v) is 7.99. The lowest BCUT2D eigenvalue weighted by Crippen LogP contribution is -2.64. The first-order chi connectivity index (χ1) is 9.15. The molecule has 3 aliphatic heterocycles. The second-order valence-corrected chi connectivity index (χ2v) is 7.10. The Morgan fingerprint density at radius 1 is 1.21 bits per heavy atom. The quantitative estimate of drug-likeness (QED) is 0.801. The normalized spacial score (nSPS) is 43.3. The summed E-state index contributed by atoms with van der Waals surface area (Å²) >= 11 is 0. The molecule has 4 unspecified atom stereocenters. The van der Waals surface area contributed by atoms with Gasteiger partial charge in [-0.3, -0.25) is 4.90 Å². The SMILES string of the molecule is CN(C)CC1CCCN1C1(CN)CCN2CCC1C2. The summed E-state index contributed by atoms with van der Waals surface area (Å²) in [6, 6.07) is 0.727. The van der Waals surface area contributed by atoms with Crippen LogP contribution in [0.15, 0.2) is 0 Å². The maximum Gasteiger partial charge on any atom is 0.0388 e. The monoisotopic (exact) mass is 266 g/mol. The molecule has 3 saturated heterocycles. The molecule has 0 aliphatic carbocycles. The Kier molecular flexibility index (Phi) is 3.87. The second kappa shape index (κ2) is 5.32. The average molecular weight is 266 g/mol. The molecule has 2 bridgehead atoms. The van der Waals surface area contributed by atoms with E-state index in [-0.39, 0.29) is 0 Å². The van der Waals surface area contributed by atoms with Gasteiger partial charge in [-0.05, 0) is 65.3 Å². The predicted molar refractivity (Wildman–Crippen MR) is 79.2 cm³/mol. The highest BCUT2D eigenvalue weighted by Crippen LogP contribution is 2.42. The molecule has 110 valence electrons. The van der Waals surface area contributed by atoms with Gasteiger partial charge in [-0.1, -0.05) is 0 Å². The number of nitrogens with two attached hydrogens (primary N) is 1. The number of piperidine rings is 1. The van der Waals surface area contributed by atoms with Crippen LogP contribution in [0.3, 0.4) is 0 Å². The van der Waals surface area contributed by atoms with E-state index in [0.717, 1.165) is 18.5 Å². The number of nitrogens with zero attached hydrogens (tertiary/aromatic N) is 3. The Balaban J connectivity index is 1.80. The van der Waals surface area contributed by atoms with Crippen molar-refractivity contribution in [3.8, 4) is 0 Å². The van der Waals surface area contributed by atoms with E-state index in [4.69, 9.17) is 5.73 Å². The van der Waals surface area contributed by atoms with E-state index in [0.29, 0.717) is 5.54 Å². The van der Waals surface area contributed by atoms with E-state index >= 15 is 0 Å². The molecule has 0 aromatic rings. The van der Waals surface area contributed by atoms with Gasteiger partial charge in [0.15, 0.2) is 0 Å². The molecule has 4 atom stereocenters. The zero-order chi connectivity index (χ0) is 13.5. The molecular weight excluding hydrogens is 236 g/mol. The molecule has 0 radical (unpaired) electrons. The molecule has 0 aromatic carbocycles.